The standard InChI is InChI=1S/C15H11F2N3O3S/c16-11-4-12(17)6-14(5-11)24(21,22)20-8-13(9-20)23-15-10(7-18)2-1-3-19-15/h1-6,13H,8-9H2. The number of sulfonamides is 1. The van der Waals surface area contributed by atoms with Gasteiger partial charge in [0.2, 0.25) is 15.9 Å². The predicted molar refractivity (Wildman–Crippen MR) is 78.5 cm³/mol. The summed E-state index contributed by atoms with van der Waals surface area (Å²) in [7, 11) is -4.00. The molecule has 0 bridgehead atoms. The Bertz CT molecular complexity index is 902. The van der Waals surface area contributed by atoms with Crippen LogP contribution in [0.3, 0.4) is 0 Å². The van der Waals surface area contributed by atoms with Gasteiger partial charge in [-0.1, -0.05) is 0 Å². The average molecular weight is 351 g/mol. The number of nitriles is 1. The topological polar surface area (TPSA) is 83.3 Å². The summed E-state index contributed by atoms with van der Waals surface area (Å²) in [4.78, 5) is 3.48. The molecule has 1 aliphatic heterocycles. The summed E-state index contributed by atoms with van der Waals surface area (Å²) >= 11 is 0. The first-order valence-electron chi connectivity index (χ1n) is 6.88. The van der Waals surface area contributed by atoms with Crippen molar-refractivity contribution in [3.8, 4) is 11.9 Å². The van der Waals surface area contributed by atoms with Gasteiger partial charge in [0, 0.05) is 12.3 Å². The van der Waals surface area contributed by atoms with Gasteiger partial charge in [-0.2, -0.15) is 9.57 Å². The van der Waals surface area contributed by atoms with Crippen LogP contribution >= 0.6 is 0 Å². The van der Waals surface area contributed by atoms with Crippen molar-refractivity contribution in [2.24, 2.45) is 0 Å². The van der Waals surface area contributed by atoms with E-state index in [0.29, 0.717) is 6.07 Å². The zero-order chi connectivity index (χ0) is 17.3. The summed E-state index contributed by atoms with van der Waals surface area (Å²) in [6, 6.07) is 7.17. The molecule has 0 N–H and O–H groups in total. The van der Waals surface area contributed by atoms with Crippen molar-refractivity contribution in [2.45, 2.75) is 11.0 Å². The van der Waals surface area contributed by atoms with E-state index >= 15 is 0 Å². The lowest BCUT2D eigenvalue weighted by Crippen LogP contribution is -2.56. The third-order valence-electron chi connectivity index (χ3n) is 3.46. The van der Waals surface area contributed by atoms with Crippen LogP contribution in [0.1, 0.15) is 5.56 Å². The molecule has 6 nitrogen and oxygen atoms in total. The maximum absolute atomic E-state index is 13.2. The van der Waals surface area contributed by atoms with Crippen molar-refractivity contribution < 1.29 is 21.9 Å². The summed E-state index contributed by atoms with van der Waals surface area (Å²) in [5.74, 6) is -1.80. The quantitative estimate of drug-likeness (QED) is 0.837. The first-order valence-corrected chi connectivity index (χ1v) is 8.32. The van der Waals surface area contributed by atoms with Crippen LogP contribution in [0.5, 0.6) is 5.88 Å². The van der Waals surface area contributed by atoms with Gasteiger partial charge in [0.05, 0.1) is 18.0 Å². The Balaban J connectivity index is 1.71. The molecule has 0 amide bonds. The molecule has 1 fully saturated rings. The van der Waals surface area contributed by atoms with Crippen molar-refractivity contribution >= 4 is 10.0 Å². The highest BCUT2D eigenvalue weighted by molar-refractivity contribution is 7.89. The van der Waals surface area contributed by atoms with Crippen LogP contribution < -0.4 is 4.74 Å². The SMILES string of the molecule is N#Cc1cccnc1OC1CN(S(=O)(=O)c2cc(F)cc(F)c2)C1. The molecule has 9 heteroatoms. The molecule has 0 unspecified atom stereocenters. The van der Waals surface area contributed by atoms with E-state index in [1.165, 1.54) is 12.3 Å². The van der Waals surface area contributed by atoms with Crippen molar-refractivity contribution in [1.82, 2.24) is 9.29 Å². The molecule has 124 valence electrons. The maximum Gasteiger partial charge on any atom is 0.243 e. The summed E-state index contributed by atoms with van der Waals surface area (Å²) in [5.41, 5.74) is 0.242. The molecule has 2 aromatic rings. The molecule has 0 radical (unpaired) electrons. The first kappa shape index (κ1) is 16.3. The minimum absolute atomic E-state index is 0.00189. The Kier molecular flexibility index (Phi) is 4.17. The lowest BCUT2D eigenvalue weighted by atomic mass is 10.2. The lowest BCUT2D eigenvalue weighted by molar-refractivity contribution is 0.0718. The van der Waals surface area contributed by atoms with Crippen LogP contribution in [0.15, 0.2) is 41.4 Å². The van der Waals surface area contributed by atoms with Gasteiger partial charge in [-0.3, -0.25) is 0 Å². The second-order valence-corrected chi connectivity index (χ2v) is 7.07. The molecular formula is C15H11F2N3O3S. The highest BCUT2D eigenvalue weighted by Gasteiger charge is 2.39. The summed E-state index contributed by atoms with van der Waals surface area (Å²) in [6.45, 7) is 0.00379. The smallest absolute Gasteiger partial charge is 0.243 e. The molecule has 0 saturated carbocycles. The average Bonchev–Trinajstić information content (AvgIpc) is 2.49. The van der Waals surface area contributed by atoms with Crippen LogP contribution in [0.25, 0.3) is 0 Å². The fraction of sp³-hybridized carbons (Fsp3) is 0.200. The zero-order valence-electron chi connectivity index (χ0n) is 12.2. The van der Waals surface area contributed by atoms with Gasteiger partial charge in [-0.05, 0) is 24.3 Å². The lowest BCUT2D eigenvalue weighted by Gasteiger charge is -2.37. The van der Waals surface area contributed by atoms with Gasteiger partial charge >= 0.3 is 0 Å². The highest BCUT2D eigenvalue weighted by atomic mass is 32.2. The summed E-state index contributed by atoms with van der Waals surface area (Å²) in [6.07, 6.45) is 0.971. The third kappa shape index (κ3) is 3.06. The van der Waals surface area contributed by atoms with Gasteiger partial charge in [0.25, 0.3) is 0 Å². The van der Waals surface area contributed by atoms with E-state index in [-0.39, 0.29) is 24.5 Å². The van der Waals surface area contributed by atoms with Gasteiger partial charge < -0.3 is 4.74 Å². The van der Waals surface area contributed by atoms with Crippen molar-refractivity contribution in [2.75, 3.05) is 13.1 Å². The van der Waals surface area contributed by atoms with E-state index in [1.54, 1.807) is 6.07 Å². The van der Waals surface area contributed by atoms with Crippen LogP contribution in [0.2, 0.25) is 0 Å². The van der Waals surface area contributed by atoms with E-state index < -0.39 is 32.7 Å². The Hall–Kier alpha value is -2.57. The Morgan fingerprint density at radius 2 is 1.92 bits per heavy atom. The number of hydrogen-bond donors (Lipinski definition) is 0. The van der Waals surface area contributed by atoms with Gasteiger partial charge in [-0.15, -0.1) is 0 Å². The van der Waals surface area contributed by atoms with Crippen molar-refractivity contribution in [1.29, 1.82) is 5.26 Å². The molecule has 1 aromatic carbocycles. The van der Waals surface area contributed by atoms with E-state index in [1.807, 2.05) is 6.07 Å². The predicted octanol–water partition coefficient (Wildman–Crippen LogP) is 1.68. The molecule has 1 aliphatic rings. The second kappa shape index (κ2) is 6.14. The van der Waals surface area contributed by atoms with Gasteiger partial charge in [0.15, 0.2) is 0 Å². The minimum Gasteiger partial charge on any atom is -0.471 e. The molecule has 0 atom stereocenters. The molecule has 3 rings (SSSR count). The van der Waals surface area contributed by atoms with E-state index in [2.05, 4.69) is 4.98 Å². The van der Waals surface area contributed by atoms with Gasteiger partial charge in [-0.25, -0.2) is 22.2 Å². The van der Waals surface area contributed by atoms with E-state index in [4.69, 9.17) is 10.00 Å². The van der Waals surface area contributed by atoms with Crippen LogP contribution in [0.4, 0.5) is 8.78 Å². The number of hydrogen-bond acceptors (Lipinski definition) is 5. The molecule has 24 heavy (non-hydrogen) atoms. The monoisotopic (exact) mass is 351 g/mol. The van der Waals surface area contributed by atoms with Gasteiger partial charge in [0.1, 0.15) is 29.4 Å². The molecular weight excluding hydrogens is 340 g/mol. The summed E-state index contributed by atoms with van der Waals surface area (Å²) < 4.78 is 57.6. The highest BCUT2D eigenvalue weighted by Crippen LogP contribution is 2.26. The largest absolute Gasteiger partial charge is 0.471 e. The number of halogens is 2. The summed E-state index contributed by atoms with van der Waals surface area (Å²) in [5, 5.41) is 8.96. The van der Waals surface area contributed by atoms with E-state index in [9.17, 15) is 17.2 Å². The first-order chi connectivity index (χ1) is 11.4. The number of rotatable bonds is 4. The number of benzene rings is 1. The Labute approximate surface area is 137 Å². The number of aromatic nitrogens is 1. The number of ether oxygens (including phenoxy) is 1. The van der Waals surface area contributed by atoms with Crippen molar-refractivity contribution in [3.63, 3.8) is 0 Å². The van der Waals surface area contributed by atoms with Crippen LogP contribution in [-0.4, -0.2) is 36.9 Å². The molecule has 2 heterocycles. The fourth-order valence-electron chi connectivity index (χ4n) is 2.23. The normalized spacial score (nSPS) is 15.5. The second-order valence-electron chi connectivity index (χ2n) is 5.13. The minimum atomic E-state index is -4.00. The fourth-order valence-corrected chi connectivity index (χ4v) is 3.77. The van der Waals surface area contributed by atoms with Crippen LogP contribution in [-0.2, 0) is 10.0 Å². The Morgan fingerprint density at radius 3 is 2.54 bits per heavy atom. The molecule has 1 saturated heterocycles. The molecule has 0 aliphatic carbocycles. The maximum atomic E-state index is 13.2. The van der Waals surface area contributed by atoms with Crippen molar-refractivity contribution in [3.05, 3.63) is 53.7 Å². The molecule has 0 spiro atoms. The van der Waals surface area contributed by atoms with E-state index in [0.717, 1.165) is 16.4 Å². The number of pyridine rings is 1. The zero-order valence-corrected chi connectivity index (χ0v) is 13.0. The molecule has 1 aromatic heterocycles. The third-order valence-corrected chi connectivity index (χ3v) is 5.27. The van der Waals surface area contributed by atoms with Crippen LogP contribution in [0, 0.1) is 23.0 Å². The number of nitrogens with zero attached hydrogens (tertiary/aromatic N) is 3. The Morgan fingerprint density at radius 1 is 1.25 bits per heavy atom.